The van der Waals surface area contributed by atoms with E-state index in [1.807, 2.05) is 61.5 Å². The van der Waals surface area contributed by atoms with Gasteiger partial charge < -0.3 is 9.47 Å². The lowest BCUT2D eigenvalue weighted by molar-refractivity contribution is 0.369. The molecule has 0 saturated heterocycles. The largest absolute Gasteiger partial charge is 0.497 e. The van der Waals surface area contributed by atoms with Crippen LogP contribution in [0, 0.1) is 6.92 Å². The van der Waals surface area contributed by atoms with Crippen LogP contribution in [0.25, 0.3) is 11.3 Å². The van der Waals surface area contributed by atoms with Crippen LogP contribution in [0.15, 0.2) is 61.2 Å². The van der Waals surface area contributed by atoms with E-state index < -0.39 is 0 Å². The molecule has 0 bridgehead atoms. The van der Waals surface area contributed by atoms with E-state index in [1.54, 1.807) is 14.2 Å². The molecule has 0 radical (unpaired) electrons. The van der Waals surface area contributed by atoms with Crippen LogP contribution in [0.5, 0.6) is 5.75 Å². The SMILES string of the molecule is C=C(/C=C(/OC)c1ccc(OC)cc1C)c1ccccc1.CCCC. The predicted molar refractivity (Wildman–Crippen MR) is 109 cm³/mol. The molecule has 0 aromatic heterocycles. The summed E-state index contributed by atoms with van der Waals surface area (Å²) in [5.74, 6) is 1.64. The van der Waals surface area contributed by atoms with Crippen molar-refractivity contribution in [2.45, 2.75) is 33.6 Å². The number of allylic oxidation sites excluding steroid dienone is 2. The van der Waals surface area contributed by atoms with Crippen LogP contribution < -0.4 is 4.74 Å². The molecule has 0 unspecified atom stereocenters. The molecule has 0 atom stereocenters. The molecule has 2 heteroatoms. The number of unbranched alkanes of at least 4 members (excludes halogenated alkanes) is 1. The van der Waals surface area contributed by atoms with Gasteiger partial charge in [0.1, 0.15) is 11.5 Å². The molecule has 2 nitrogen and oxygen atoms in total. The molecular formula is C23H30O2. The van der Waals surface area contributed by atoms with Gasteiger partial charge in [0.05, 0.1) is 14.2 Å². The van der Waals surface area contributed by atoms with Gasteiger partial charge in [0.15, 0.2) is 0 Å². The lowest BCUT2D eigenvalue weighted by Gasteiger charge is -2.12. The second-order valence-electron chi connectivity index (χ2n) is 5.78. The fraction of sp³-hybridized carbons (Fsp3) is 0.304. The Hall–Kier alpha value is -2.48. The number of hydrogen-bond donors (Lipinski definition) is 0. The van der Waals surface area contributed by atoms with E-state index in [-0.39, 0.29) is 0 Å². The van der Waals surface area contributed by atoms with Crippen molar-refractivity contribution >= 4 is 11.3 Å². The number of methoxy groups -OCH3 is 2. The van der Waals surface area contributed by atoms with Gasteiger partial charge in [-0.15, -0.1) is 0 Å². The van der Waals surface area contributed by atoms with E-state index in [0.717, 1.165) is 33.8 Å². The molecule has 0 aliphatic rings. The summed E-state index contributed by atoms with van der Waals surface area (Å²) in [6.45, 7) is 10.5. The summed E-state index contributed by atoms with van der Waals surface area (Å²) >= 11 is 0. The molecule has 0 heterocycles. The second kappa shape index (κ2) is 11.1. The maximum atomic E-state index is 5.54. The first-order chi connectivity index (χ1) is 12.1. The number of benzene rings is 2. The van der Waals surface area contributed by atoms with Crippen molar-refractivity contribution < 1.29 is 9.47 Å². The molecule has 0 aliphatic heterocycles. The van der Waals surface area contributed by atoms with E-state index in [2.05, 4.69) is 20.4 Å². The van der Waals surface area contributed by atoms with Gasteiger partial charge in [-0.25, -0.2) is 0 Å². The average Bonchev–Trinajstić information content (AvgIpc) is 2.67. The molecule has 0 fully saturated rings. The van der Waals surface area contributed by atoms with Gasteiger partial charge >= 0.3 is 0 Å². The van der Waals surface area contributed by atoms with Gasteiger partial charge in [0.25, 0.3) is 0 Å². The Balaban J connectivity index is 0.000000705. The smallest absolute Gasteiger partial charge is 0.126 e. The third-order valence-electron chi connectivity index (χ3n) is 3.87. The normalized spacial score (nSPS) is 10.5. The number of aryl methyl sites for hydroxylation is 1. The summed E-state index contributed by atoms with van der Waals surface area (Å²) in [5.41, 5.74) is 4.14. The lowest BCUT2D eigenvalue weighted by atomic mass is 10.0. The highest BCUT2D eigenvalue weighted by Crippen LogP contribution is 2.26. The van der Waals surface area contributed by atoms with Crippen molar-refractivity contribution in [1.29, 1.82) is 0 Å². The van der Waals surface area contributed by atoms with Gasteiger partial charge in [-0.3, -0.25) is 0 Å². The molecule has 0 aliphatic carbocycles. The zero-order valence-electron chi connectivity index (χ0n) is 16.1. The molecule has 0 N–H and O–H groups in total. The summed E-state index contributed by atoms with van der Waals surface area (Å²) in [7, 11) is 3.34. The molecule has 2 rings (SSSR count). The van der Waals surface area contributed by atoms with Crippen molar-refractivity contribution in [3.8, 4) is 5.75 Å². The van der Waals surface area contributed by atoms with Gasteiger partial charge in [0.2, 0.25) is 0 Å². The highest BCUT2D eigenvalue weighted by atomic mass is 16.5. The number of rotatable bonds is 6. The highest BCUT2D eigenvalue weighted by molar-refractivity contribution is 5.81. The lowest BCUT2D eigenvalue weighted by Crippen LogP contribution is -1.94. The summed E-state index contributed by atoms with van der Waals surface area (Å²) in [5, 5.41) is 0. The van der Waals surface area contributed by atoms with Crippen LogP contribution in [0.2, 0.25) is 0 Å². The summed E-state index contributed by atoms with van der Waals surface area (Å²) in [6.07, 6.45) is 4.60. The first-order valence-corrected chi connectivity index (χ1v) is 8.72. The quantitative estimate of drug-likeness (QED) is 0.441. The number of ether oxygens (including phenoxy) is 2. The Bertz CT molecular complexity index is 682. The molecular weight excluding hydrogens is 308 g/mol. The first kappa shape index (κ1) is 20.6. The Morgan fingerprint density at radius 1 is 1.00 bits per heavy atom. The van der Waals surface area contributed by atoms with Crippen molar-refractivity contribution in [3.05, 3.63) is 77.9 Å². The van der Waals surface area contributed by atoms with Gasteiger partial charge in [-0.1, -0.05) is 63.6 Å². The minimum absolute atomic E-state index is 0.795. The standard InChI is InChI=1S/C19H20O2.C4H10/c1-14(16-8-6-5-7-9-16)13-19(21-4)18-11-10-17(20-3)12-15(18)2;1-3-4-2/h5-13H,1H2,2-4H3;3-4H2,1-2H3/b19-13+;. The zero-order valence-corrected chi connectivity index (χ0v) is 16.1. The Morgan fingerprint density at radius 2 is 1.64 bits per heavy atom. The maximum Gasteiger partial charge on any atom is 0.126 e. The zero-order chi connectivity index (χ0) is 18.7. The molecule has 0 spiro atoms. The van der Waals surface area contributed by atoms with E-state index in [9.17, 15) is 0 Å². The molecule has 2 aromatic rings. The first-order valence-electron chi connectivity index (χ1n) is 8.72. The van der Waals surface area contributed by atoms with Crippen LogP contribution in [-0.2, 0) is 4.74 Å². The van der Waals surface area contributed by atoms with Crippen molar-refractivity contribution in [3.63, 3.8) is 0 Å². The topological polar surface area (TPSA) is 18.5 Å². The van der Waals surface area contributed by atoms with Crippen molar-refractivity contribution in [2.75, 3.05) is 14.2 Å². The third-order valence-corrected chi connectivity index (χ3v) is 3.87. The van der Waals surface area contributed by atoms with E-state index in [4.69, 9.17) is 9.47 Å². The van der Waals surface area contributed by atoms with E-state index >= 15 is 0 Å². The fourth-order valence-electron chi connectivity index (χ4n) is 2.18. The molecule has 0 amide bonds. The Morgan fingerprint density at radius 3 is 2.12 bits per heavy atom. The Kier molecular flexibility index (Phi) is 9.16. The van der Waals surface area contributed by atoms with Gasteiger partial charge in [-0.05, 0) is 47.9 Å². The molecule has 2 aromatic carbocycles. The minimum atomic E-state index is 0.795. The van der Waals surface area contributed by atoms with E-state index in [1.165, 1.54) is 12.8 Å². The van der Waals surface area contributed by atoms with Crippen LogP contribution in [0.1, 0.15) is 43.4 Å². The second-order valence-corrected chi connectivity index (χ2v) is 5.78. The fourth-order valence-corrected chi connectivity index (χ4v) is 2.18. The predicted octanol–water partition coefficient (Wildman–Crippen LogP) is 6.51. The van der Waals surface area contributed by atoms with Crippen LogP contribution >= 0.6 is 0 Å². The van der Waals surface area contributed by atoms with Crippen LogP contribution in [0.4, 0.5) is 0 Å². The van der Waals surface area contributed by atoms with Gasteiger partial charge in [0, 0.05) is 5.56 Å². The van der Waals surface area contributed by atoms with Crippen molar-refractivity contribution in [1.82, 2.24) is 0 Å². The third kappa shape index (κ3) is 6.50. The van der Waals surface area contributed by atoms with Crippen molar-refractivity contribution in [2.24, 2.45) is 0 Å². The summed E-state index contributed by atoms with van der Waals surface area (Å²) in [4.78, 5) is 0. The van der Waals surface area contributed by atoms with Gasteiger partial charge in [-0.2, -0.15) is 0 Å². The maximum absolute atomic E-state index is 5.54. The minimum Gasteiger partial charge on any atom is -0.497 e. The van der Waals surface area contributed by atoms with E-state index in [0.29, 0.717) is 0 Å². The van der Waals surface area contributed by atoms with Crippen LogP contribution in [0.3, 0.4) is 0 Å². The summed E-state index contributed by atoms with van der Waals surface area (Å²) < 4.78 is 10.8. The molecule has 0 saturated carbocycles. The highest BCUT2D eigenvalue weighted by Gasteiger charge is 2.08. The number of hydrogen-bond acceptors (Lipinski definition) is 2. The Labute approximate surface area is 152 Å². The van der Waals surface area contributed by atoms with Crippen LogP contribution in [-0.4, -0.2) is 14.2 Å². The molecule has 134 valence electrons. The average molecular weight is 338 g/mol. The monoisotopic (exact) mass is 338 g/mol. The molecule has 25 heavy (non-hydrogen) atoms. The summed E-state index contributed by atoms with van der Waals surface area (Å²) in [6, 6.07) is 16.0.